The molecule has 7 nitrogen and oxygen atoms in total. The van der Waals surface area contributed by atoms with Gasteiger partial charge in [-0.1, -0.05) is 18.3 Å². The van der Waals surface area contributed by atoms with Gasteiger partial charge in [-0.05, 0) is 69.8 Å². The zero-order valence-corrected chi connectivity index (χ0v) is 24.4. The molecule has 4 heterocycles. The number of hydrogen-bond acceptors (Lipinski definition) is 7. The summed E-state index contributed by atoms with van der Waals surface area (Å²) in [5, 5.41) is 5.26. The number of alkyl carbamates (subject to hydrolysis) is 1. The average Bonchev–Trinajstić information content (AvgIpc) is 3.36. The number of likely N-dealkylation sites (tertiary alicyclic amines) is 1. The lowest BCUT2D eigenvalue weighted by atomic mass is 9.99. The van der Waals surface area contributed by atoms with E-state index in [9.17, 15) is 13.6 Å². The number of carbonyl (C=O) groups excluding carboxylic acids is 1. The first kappa shape index (κ1) is 30.2. The van der Waals surface area contributed by atoms with Crippen molar-refractivity contribution in [2.45, 2.75) is 51.7 Å². The lowest BCUT2D eigenvalue weighted by Gasteiger charge is -2.28. The number of alkyl halides is 2. The number of amides is 1. The Morgan fingerprint density at radius 2 is 1.83 bits per heavy atom. The minimum Gasteiger partial charge on any atom is -0.459 e. The van der Waals surface area contributed by atoms with Gasteiger partial charge in [-0.25, -0.2) is 13.6 Å². The van der Waals surface area contributed by atoms with Crippen LogP contribution in [0.1, 0.15) is 44.9 Å². The number of ether oxygens (including phenoxy) is 1. The van der Waals surface area contributed by atoms with Gasteiger partial charge in [0.1, 0.15) is 16.9 Å². The number of benzene rings is 1. The van der Waals surface area contributed by atoms with Crippen molar-refractivity contribution in [2.75, 3.05) is 20.1 Å². The molecule has 0 atom stereocenters. The number of furan rings is 1. The zero-order chi connectivity index (χ0) is 29.6. The van der Waals surface area contributed by atoms with Crippen LogP contribution in [-0.2, 0) is 11.3 Å². The standard InChI is InChI=1S/C25H23N3O3S.C6H11F2N/c1-25(2,3)31-24(29)28-14-20-11-19-10-18(22-5-4-16(15-32)13-27-22)12-21(23(19)30-20)17-6-8-26-9-7-17;1-9-4-2-6(7,8)3-5-9/h4-13,15H,14H2,1-3H3,(H,28,29);2-5H2,1H3. The van der Waals surface area contributed by atoms with Crippen molar-refractivity contribution in [2.24, 2.45) is 0 Å². The first-order valence-electron chi connectivity index (χ1n) is 13.3. The van der Waals surface area contributed by atoms with Crippen LogP contribution in [0.4, 0.5) is 13.6 Å². The van der Waals surface area contributed by atoms with E-state index in [1.54, 1.807) is 24.0 Å². The number of thiocarbonyl (C=S) groups is 1. The Morgan fingerprint density at radius 1 is 1.12 bits per heavy atom. The smallest absolute Gasteiger partial charge is 0.408 e. The van der Waals surface area contributed by atoms with Gasteiger partial charge in [0.15, 0.2) is 0 Å². The number of aromatic nitrogens is 2. The minimum atomic E-state index is -2.38. The maximum Gasteiger partial charge on any atom is 0.408 e. The predicted octanol–water partition coefficient (Wildman–Crippen LogP) is 7.28. The lowest BCUT2D eigenvalue weighted by molar-refractivity contribution is -0.0504. The number of rotatable bonds is 5. The van der Waals surface area contributed by atoms with Crippen LogP contribution < -0.4 is 5.32 Å². The van der Waals surface area contributed by atoms with Crippen LogP contribution in [0, 0.1) is 0 Å². The highest BCUT2D eigenvalue weighted by molar-refractivity contribution is 7.79. The topological polar surface area (TPSA) is 80.5 Å². The fraction of sp³-hybridized carbons (Fsp3) is 0.355. The number of piperidine rings is 1. The molecule has 10 heteroatoms. The van der Waals surface area contributed by atoms with E-state index in [0.717, 1.165) is 38.9 Å². The van der Waals surface area contributed by atoms with Gasteiger partial charge in [0.25, 0.3) is 5.92 Å². The van der Waals surface area contributed by atoms with Crippen molar-refractivity contribution >= 4 is 34.6 Å². The first-order chi connectivity index (χ1) is 19.4. The monoisotopic (exact) mass is 580 g/mol. The first-order valence-corrected chi connectivity index (χ1v) is 13.8. The maximum atomic E-state index is 12.4. The molecule has 5 rings (SSSR count). The second-order valence-electron chi connectivity index (χ2n) is 11.0. The number of pyridine rings is 2. The molecule has 1 saturated heterocycles. The van der Waals surface area contributed by atoms with Gasteiger partial charge in [0.05, 0.1) is 12.2 Å². The van der Waals surface area contributed by atoms with Crippen molar-refractivity contribution in [1.82, 2.24) is 20.2 Å². The summed E-state index contributed by atoms with van der Waals surface area (Å²) in [4.78, 5) is 22.6. The van der Waals surface area contributed by atoms with Crippen molar-refractivity contribution in [3.63, 3.8) is 0 Å². The van der Waals surface area contributed by atoms with Gasteiger partial charge in [-0.15, -0.1) is 0 Å². The second kappa shape index (κ2) is 12.8. The third-order valence-electron chi connectivity index (χ3n) is 6.40. The summed E-state index contributed by atoms with van der Waals surface area (Å²) in [6.45, 7) is 6.76. The van der Waals surface area contributed by atoms with E-state index in [-0.39, 0.29) is 19.4 Å². The Morgan fingerprint density at radius 3 is 2.41 bits per heavy atom. The number of hydrogen-bond donors (Lipinski definition) is 1. The molecule has 1 amide bonds. The van der Waals surface area contributed by atoms with Gasteiger partial charge >= 0.3 is 6.09 Å². The maximum absolute atomic E-state index is 12.4. The lowest BCUT2D eigenvalue weighted by Crippen LogP contribution is -2.36. The molecule has 0 unspecified atom stereocenters. The molecule has 1 fully saturated rings. The molecular weight excluding hydrogens is 546 g/mol. The van der Waals surface area contributed by atoms with E-state index >= 15 is 0 Å². The fourth-order valence-electron chi connectivity index (χ4n) is 4.25. The third kappa shape index (κ3) is 8.61. The molecule has 0 radical (unpaired) electrons. The number of nitrogens with zero attached hydrogens (tertiary/aromatic N) is 3. The van der Waals surface area contributed by atoms with E-state index in [2.05, 4.69) is 15.3 Å². The molecule has 1 N–H and O–H groups in total. The Kier molecular flexibility index (Phi) is 9.45. The van der Waals surface area contributed by atoms with Crippen LogP contribution in [0.5, 0.6) is 0 Å². The van der Waals surface area contributed by atoms with Crippen molar-refractivity contribution < 1.29 is 22.7 Å². The fourth-order valence-corrected chi connectivity index (χ4v) is 4.39. The summed E-state index contributed by atoms with van der Waals surface area (Å²) in [5.74, 6) is -1.76. The molecule has 0 saturated carbocycles. The van der Waals surface area contributed by atoms with E-state index < -0.39 is 17.6 Å². The van der Waals surface area contributed by atoms with Crippen LogP contribution in [0.3, 0.4) is 0 Å². The Labute approximate surface area is 243 Å². The molecule has 1 aliphatic heterocycles. The molecule has 3 aromatic heterocycles. The molecule has 1 aromatic carbocycles. The van der Waals surface area contributed by atoms with Gasteiger partial charge in [0.2, 0.25) is 0 Å². The Balaban J connectivity index is 0.000000367. The molecule has 4 aromatic rings. The highest BCUT2D eigenvalue weighted by atomic mass is 32.1. The molecular formula is C31H34F2N4O3S. The summed E-state index contributed by atoms with van der Waals surface area (Å²) >= 11 is 4.98. The van der Waals surface area contributed by atoms with E-state index in [4.69, 9.17) is 21.4 Å². The van der Waals surface area contributed by atoms with Crippen molar-refractivity contribution in [1.29, 1.82) is 0 Å². The minimum absolute atomic E-state index is 0.0312. The summed E-state index contributed by atoms with van der Waals surface area (Å²) < 4.78 is 36.1. The van der Waals surface area contributed by atoms with Crippen molar-refractivity contribution in [3.8, 4) is 22.4 Å². The quantitative estimate of drug-likeness (QED) is 0.249. The highest BCUT2D eigenvalue weighted by Crippen LogP contribution is 2.35. The molecule has 41 heavy (non-hydrogen) atoms. The largest absolute Gasteiger partial charge is 0.459 e. The predicted molar refractivity (Wildman–Crippen MR) is 160 cm³/mol. The zero-order valence-electron chi connectivity index (χ0n) is 23.6. The van der Waals surface area contributed by atoms with Gasteiger partial charge < -0.3 is 19.4 Å². The number of nitrogens with one attached hydrogen (secondary N) is 1. The van der Waals surface area contributed by atoms with Crippen LogP contribution in [0.2, 0.25) is 0 Å². The summed E-state index contributed by atoms with van der Waals surface area (Å²) in [5.41, 5.74) is 4.74. The van der Waals surface area contributed by atoms with Crippen LogP contribution in [0.25, 0.3) is 33.4 Å². The number of carbonyl (C=O) groups is 1. The average molecular weight is 581 g/mol. The number of halogens is 2. The molecule has 0 aliphatic carbocycles. The van der Waals surface area contributed by atoms with E-state index in [1.807, 2.05) is 75.2 Å². The summed E-state index contributed by atoms with van der Waals surface area (Å²) in [6.07, 6.45) is 4.82. The number of fused-ring (bicyclic) bond motifs is 1. The SMILES string of the molecule is CC(C)(C)OC(=O)NCc1cc2cc(-c3ccc(C=S)cn3)cc(-c3ccncc3)c2o1.CN1CCC(F)(F)CC1. The van der Waals surface area contributed by atoms with Crippen LogP contribution in [0.15, 0.2) is 65.5 Å². The highest BCUT2D eigenvalue weighted by Gasteiger charge is 2.32. The van der Waals surface area contributed by atoms with Gasteiger partial charge in [-0.3, -0.25) is 9.97 Å². The summed E-state index contributed by atoms with van der Waals surface area (Å²) in [6, 6.07) is 13.8. The Hall–Kier alpha value is -3.76. The van der Waals surface area contributed by atoms with Gasteiger partial charge in [0, 0.05) is 72.0 Å². The molecule has 1 aliphatic rings. The third-order valence-corrected chi connectivity index (χ3v) is 6.67. The second-order valence-corrected chi connectivity index (χ2v) is 11.2. The Bertz CT molecular complexity index is 1480. The molecule has 0 bridgehead atoms. The van der Waals surface area contributed by atoms with Crippen LogP contribution in [-0.4, -0.2) is 58.0 Å². The normalized spacial score (nSPS) is 15.1. The summed E-state index contributed by atoms with van der Waals surface area (Å²) in [7, 11) is 1.87. The van der Waals surface area contributed by atoms with Gasteiger partial charge in [-0.2, -0.15) is 0 Å². The molecule has 216 valence electrons. The molecule has 0 spiro atoms. The van der Waals surface area contributed by atoms with Crippen LogP contribution >= 0.6 is 12.2 Å². The van der Waals surface area contributed by atoms with Crippen molar-refractivity contribution in [3.05, 3.63) is 72.4 Å². The van der Waals surface area contributed by atoms with E-state index in [1.165, 1.54) is 0 Å². The van der Waals surface area contributed by atoms with E-state index in [0.29, 0.717) is 18.8 Å².